The molecule has 0 bridgehead atoms. The van der Waals surface area contributed by atoms with E-state index in [0.717, 1.165) is 0 Å². The molecule has 0 aliphatic carbocycles. The molecule has 0 aromatic heterocycles. The highest BCUT2D eigenvalue weighted by molar-refractivity contribution is 14.1. The van der Waals surface area contributed by atoms with E-state index in [1.165, 1.54) is 12.1 Å². The van der Waals surface area contributed by atoms with E-state index in [1.54, 1.807) is 45.2 Å². The fourth-order valence-corrected chi connectivity index (χ4v) is 2.26. The largest absolute Gasteiger partial charge is 0.434 e. The van der Waals surface area contributed by atoms with E-state index in [0.29, 0.717) is 3.57 Å². The minimum Gasteiger partial charge on any atom is -0.434 e. The van der Waals surface area contributed by atoms with Crippen LogP contribution in [0.5, 0.6) is 5.75 Å². The second-order valence-electron chi connectivity index (χ2n) is 2.05. The molecule has 0 saturated heterocycles. The summed E-state index contributed by atoms with van der Waals surface area (Å²) in [6.07, 6.45) is 0. The summed E-state index contributed by atoms with van der Waals surface area (Å²) in [6.45, 7) is -2.92. The molecule has 0 amide bonds. The first kappa shape index (κ1) is 11.3. The summed E-state index contributed by atoms with van der Waals surface area (Å²) >= 11 is 3.40. The normalized spacial score (nSPS) is 10.6. The Morgan fingerprint density at radius 3 is 2.38 bits per heavy atom. The predicted octanol–water partition coefficient (Wildman–Crippen LogP) is 3.64. The van der Waals surface area contributed by atoms with E-state index in [4.69, 9.17) is 0 Å². The van der Waals surface area contributed by atoms with Crippen molar-refractivity contribution in [1.29, 1.82) is 0 Å². The second-order valence-corrected chi connectivity index (χ2v) is 4.29. The molecule has 13 heavy (non-hydrogen) atoms. The summed E-state index contributed by atoms with van der Waals surface area (Å²) in [5.74, 6) is -0.659. The molecule has 72 valence electrons. The third-order valence-corrected chi connectivity index (χ3v) is 3.05. The molecule has 0 unspecified atom stereocenters. The van der Waals surface area contributed by atoms with Crippen LogP contribution >= 0.6 is 45.2 Å². The Hall–Kier alpha value is 0.270. The summed E-state index contributed by atoms with van der Waals surface area (Å²) in [6, 6.07) is 2.70. The van der Waals surface area contributed by atoms with E-state index < -0.39 is 12.4 Å². The fraction of sp³-hybridized carbons (Fsp3) is 0.143. The van der Waals surface area contributed by atoms with Crippen LogP contribution in [0.25, 0.3) is 0 Å². The van der Waals surface area contributed by atoms with Crippen molar-refractivity contribution in [2.24, 2.45) is 0 Å². The van der Waals surface area contributed by atoms with Crippen molar-refractivity contribution < 1.29 is 17.9 Å². The number of hydrogen-bond acceptors (Lipinski definition) is 1. The highest BCUT2D eigenvalue weighted by Gasteiger charge is 2.13. The molecule has 0 fully saturated rings. The monoisotopic (exact) mass is 414 g/mol. The molecule has 0 spiro atoms. The van der Waals surface area contributed by atoms with Gasteiger partial charge in [0.05, 0.1) is 7.14 Å². The summed E-state index contributed by atoms with van der Waals surface area (Å²) < 4.78 is 41.2. The maximum atomic E-state index is 13.1. The summed E-state index contributed by atoms with van der Waals surface area (Å²) in [5, 5.41) is 0. The highest BCUT2D eigenvalue weighted by atomic mass is 127. The molecule has 0 saturated carbocycles. The van der Waals surface area contributed by atoms with Gasteiger partial charge in [-0.3, -0.25) is 0 Å². The van der Waals surface area contributed by atoms with Crippen molar-refractivity contribution in [3.05, 3.63) is 25.1 Å². The van der Waals surface area contributed by atoms with Gasteiger partial charge in [0.25, 0.3) is 0 Å². The van der Waals surface area contributed by atoms with E-state index in [9.17, 15) is 13.2 Å². The highest BCUT2D eigenvalue weighted by Crippen LogP contribution is 2.27. The summed E-state index contributed by atoms with van der Waals surface area (Å²) in [7, 11) is 0. The molecule has 1 aromatic carbocycles. The average Bonchev–Trinajstić information content (AvgIpc) is 2.06. The van der Waals surface area contributed by atoms with Crippen LogP contribution in [0.4, 0.5) is 13.2 Å². The van der Waals surface area contributed by atoms with Crippen molar-refractivity contribution in [3.63, 3.8) is 0 Å². The smallest absolute Gasteiger partial charge is 0.387 e. The lowest BCUT2D eigenvalue weighted by Gasteiger charge is -2.07. The van der Waals surface area contributed by atoms with Crippen LogP contribution in [-0.4, -0.2) is 6.61 Å². The maximum Gasteiger partial charge on any atom is 0.387 e. The topological polar surface area (TPSA) is 9.23 Å². The molecule has 0 aliphatic heterocycles. The molecule has 1 nitrogen and oxygen atoms in total. The maximum absolute atomic E-state index is 13.1. The third-order valence-electron chi connectivity index (χ3n) is 1.22. The van der Waals surface area contributed by atoms with Gasteiger partial charge in [-0.1, -0.05) is 0 Å². The lowest BCUT2D eigenvalue weighted by molar-refractivity contribution is -0.0506. The van der Waals surface area contributed by atoms with Gasteiger partial charge in [0.2, 0.25) is 0 Å². The molecule has 0 atom stereocenters. The number of rotatable bonds is 2. The van der Waals surface area contributed by atoms with Crippen molar-refractivity contribution in [3.8, 4) is 5.75 Å². The van der Waals surface area contributed by atoms with Gasteiger partial charge >= 0.3 is 6.61 Å². The van der Waals surface area contributed by atoms with Crippen LogP contribution in [0.3, 0.4) is 0 Å². The molecule has 0 aliphatic rings. The third kappa shape index (κ3) is 2.86. The lowest BCUT2D eigenvalue weighted by Crippen LogP contribution is -2.04. The van der Waals surface area contributed by atoms with E-state index >= 15 is 0 Å². The van der Waals surface area contributed by atoms with Crippen molar-refractivity contribution >= 4 is 45.2 Å². The van der Waals surface area contributed by atoms with Crippen molar-refractivity contribution in [2.75, 3.05) is 0 Å². The number of ether oxygens (including phenoxy) is 1. The van der Waals surface area contributed by atoms with Gasteiger partial charge in [-0.2, -0.15) is 8.78 Å². The zero-order valence-corrected chi connectivity index (χ0v) is 10.3. The van der Waals surface area contributed by atoms with E-state index in [2.05, 4.69) is 4.74 Å². The minimum atomic E-state index is -2.92. The molecule has 0 heterocycles. The first-order chi connectivity index (χ1) is 6.02. The van der Waals surface area contributed by atoms with Crippen LogP contribution in [0.15, 0.2) is 12.1 Å². The Kier molecular flexibility index (Phi) is 4.07. The molecular weight excluding hydrogens is 411 g/mol. The summed E-state index contributed by atoms with van der Waals surface area (Å²) in [5.41, 5.74) is 0. The molecule has 1 rings (SSSR count). The van der Waals surface area contributed by atoms with Gasteiger partial charge in [0, 0.05) is 0 Å². The zero-order chi connectivity index (χ0) is 10.0. The quantitative estimate of drug-likeness (QED) is 0.531. The van der Waals surface area contributed by atoms with Gasteiger partial charge in [0.1, 0.15) is 5.75 Å². The van der Waals surface area contributed by atoms with Gasteiger partial charge in [-0.15, -0.1) is 0 Å². The van der Waals surface area contributed by atoms with E-state index in [1.807, 2.05) is 0 Å². The Morgan fingerprint density at radius 1 is 1.23 bits per heavy atom. The average molecular weight is 414 g/mol. The van der Waals surface area contributed by atoms with Crippen LogP contribution in [-0.2, 0) is 0 Å². The number of alkyl halides is 2. The molecule has 6 heteroatoms. The Labute approximate surface area is 99.9 Å². The second kappa shape index (κ2) is 4.67. The first-order valence-corrected chi connectivity index (χ1v) is 5.26. The van der Waals surface area contributed by atoms with Gasteiger partial charge in [-0.05, 0) is 57.3 Å². The van der Waals surface area contributed by atoms with Crippen molar-refractivity contribution in [1.82, 2.24) is 0 Å². The first-order valence-electron chi connectivity index (χ1n) is 3.10. The standard InChI is InChI=1S/C7H3F3I2O/c8-5-3(11)1-2-4(6(5)12)13-7(9)10/h1-2,7H. The minimum absolute atomic E-state index is 0.0739. The summed E-state index contributed by atoms with van der Waals surface area (Å²) in [4.78, 5) is 0. The Bertz CT molecular complexity index is 317. The fourth-order valence-electron chi connectivity index (χ4n) is 0.695. The number of halogens is 5. The molecule has 0 N–H and O–H groups in total. The van der Waals surface area contributed by atoms with Crippen LogP contribution in [0.1, 0.15) is 0 Å². The molecule has 0 radical (unpaired) electrons. The lowest BCUT2D eigenvalue weighted by atomic mass is 10.3. The van der Waals surface area contributed by atoms with Crippen LogP contribution in [0, 0.1) is 13.0 Å². The molecular formula is C7H3F3I2O. The van der Waals surface area contributed by atoms with Crippen LogP contribution in [0.2, 0.25) is 0 Å². The number of hydrogen-bond donors (Lipinski definition) is 0. The van der Waals surface area contributed by atoms with Crippen LogP contribution < -0.4 is 4.74 Å². The van der Waals surface area contributed by atoms with E-state index in [-0.39, 0.29) is 9.32 Å². The predicted molar refractivity (Wildman–Crippen MR) is 58.5 cm³/mol. The van der Waals surface area contributed by atoms with Gasteiger partial charge < -0.3 is 4.74 Å². The Balaban J connectivity index is 3.04. The number of benzene rings is 1. The van der Waals surface area contributed by atoms with Gasteiger partial charge in [0.15, 0.2) is 5.82 Å². The SMILES string of the molecule is Fc1c(I)ccc(OC(F)F)c1I. The Morgan fingerprint density at radius 2 is 1.85 bits per heavy atom. The van der Waals surface area contributed by atoms with Crippen molar-refractivity contribution in [2.45, 2.75) is 6.61 Å². The van der Waals surface area contributed by atoms with Gasteiger partial charge in [-0.25, -0.2) is 4.39 Å². The zero-order valence-electron chi connectivity index (χ0n) is 6.03. The molecule has 1 aromatic rings.